The number of rotatable bonds is 4. The summed E-state index contributed by atoms with van der Waals surface area (Å²) in [6.45, 7) is 13.0. The number of nitrogens with zero attached hydrogens (tertiary/aromatic N) is 1. The average molecular weight is 287 g/mol. The minimum atomic E-state index is -0.650. The monoisotopic (exact) mass is 287 g/mol. The van der Waals surface area contributed by atoms with E-state index in [1.807, 2.05) is 0 Å². The highest BCUT2D eigenvalue weighted by Crippen LogP contribution is 2.15. The maximum atomic E-state index is 12.1. The summed E-state index contributed by atoms with van der Waals surface area (Å²) in [5, 5.41) is 0. The Hall–Kier alpha value is -1.26. The minimum Gasteiger partial charge on any atom is -0.443 e. The van der Waals surface area contributed by atoms with E-state index in [-0.39, 0.29) is 0 Å². The zero-order chi connectivity index (χ0) is 16.0. The third kappa shape index (κ3) is 8.77. The van der Waals surface area contributed by atoms with Crippen molar-refractivity contribution in [2.45, 2.75) is 78.9 Å². The smallest absolute Gasteiger partial charge is 0.419 e. The van der Waals surface area contributed by atoms with Crippen LogP contribution in [0.15, 0.2) is 0 Å². The van der Waals surface area contributed by atoms with Gasteiger partial charge in [-0.05, 0) is 48.0 Å². The number of unbranched alkanes of at least 4 members (excludes halogenated alkanes) is 2. The predicted molar refractivity (Wildman–Crippen MR) is 78.7 cm³/mol. The summed E-state index contributed by atoms with van der Waals surface area (Å²) in [5.41, 5.74) is -1.27. The highest BCUT2D eigenvalue weighted by atomic mass is 16.6. The van der Waals surface area contributed by atoms with Gasteiger partial charge in [-0.2, -0.15) is 0 Å². The number of carbonyl (C=O) groups excluding carboxylic acids is 2. The summed E-state index contributed by atoms with van der Waals surface area (Å²) < 4.78 is 10.5. The lowest BCUT2D eigenvalue weighted by atomic mass is 10.2. The second kappa shape index (κ2) is 7.50. The van der Waals surface area contributed by atoms with Crippen molar-refractivity contribution in [3.05, 3.63) is 0 Å². The van der Waals surface area contributed by atoms with Crippen LogP contribution < -0.4 is 0 Å². The average Bonchev–Trinajstić information content (AvgIpc) is 2.18. The van der Waals surface area contributed by atoms with E-state index in [9.17, 15) is 9.59 Å². The van der Waals surface area contributed by atoms with Crippen LogP contribution in [0.25, 0.3) is 0 Å². The first-order chi connectivity index (χ1) is 8.96. The molecule has 0 N–H and O–H groups in total. The second-order valence-corrected chi connectivity index (χ2v) is 6.82. The van der Waals surface area contributed by atoms with Crippen LogP contribution in [0.1, 0.15) is 67.7 Å². The van der Waals surface area contributed by atoms with Crippen LogP contribution in [0.2, 0.25) is 0 Å². The molecule has 0 atom stereocenters. The molecule has 5 nitrogen and oxygen atoms in total. The Bertz CT molecular complexity index is 298. The van der Waals surface area contributed by atoms with E-state index in [2.05, 4.69) is 6.92 Å². The Kier molecular flexibility index (Phi) is 7.03. The summed E-state index contributed by atoms with van der Waals surface area (Å²) in [5.74, 6) is 0. The quantitative estimate of drug-likeness (QED) is 0.721. The van der Waals surface area contributed by atoms with Crippen molar-refractivity contribution in [1.29, 1.82) is 0 Å². The second-order valence-electron chi connectivity index (χ2n) is 6.82. The molecular weight excluding hydrogens is 258 g/mol. The highest BCUT2D eigenvalue weighted by Gasteiger charge is 2.30. The van der Waals surface area contributed by atoms with Gasteiger partial charge >= 0.3 is 12.2 Å². The fourth-order valence-electron chi connectivity index (χ4n) is 1.41. The zero-order valence-corrected chi connectivity index (χ0v) is 13.9. The van der Waals surface area contributed by atoms with Crippen LogP contribution in [0.5, 0.6) is 0 Å². The van der Waals surface area contributed by atoms with Crippen molar-refractivity contribution in [2.24, 2.45) is 0 Å². The largest absolute Gasteiger partial charge is 0.443 e. The SMILES string of the molecule is CCCCCN(C(=O)OC(C)(C)C)C(=O)OC(C)(C)C. The van der Waals surface area contributed by atoms with Crippen LogP contribution in [0.4, 0.5) is 9.59 Å². The van der Waals surface area contributed by atoms with Crippen molar-refractivity contribution in [3.63, 3.8) is 0 Å². The van der Waals surface area contributed by atoms with Crippen molar-refractivity contribution in [1.82, 2.24) is 4.90 Å². The fourth-order valence-corrected chi connectivity index (χ4v) is 1.41. The molecule has 0 unspecified atom stereocenters. The van der Waals surface area contributed by atoms with Gasteiger partial charge in [0.1, 0.15) is 11.2 Å². The van der Waals surface area contributed by atoms with Gasteiger partial charge in [0.25, 0.3) is 0 Å². The molecule has 0 saturated heterocycles. The molecule has 5 heteroatoms. The van der Waals surface area contributed by atoms with Gasteiger partial charge in [-0.25, -0.2) is 14.5 Å². The van der Waals surface area contributed by atoms with Gasteiger partial charge in [0.2, 0.25) is 0 Å². The zero-order valence-electron chi connectivity index (χ0n) is 13.9. The first-order valence-electron chi connectivity index (χ1n) is 7.20. The van der Waals surface area contributed by atoms with E-state index in [1.54, 1.807) is 41.5 Å². The first-order valence-corrected chi connectivity index (χ1v) is 7.20. The van der Waals surface area contributed by atoms with Crippen LogP contribution in [-0.2, 0) is 9.47 Å². The number of imide groups is 1. The van der Waals surface area contributed by atoms with E-state index in [0.717, 1.165) is 24.2 Å². The first kappa shape index (κ1) is 18.7. The molecule has 0 aliphatic rings. The van der Waals surface area contributed by atoms with E-state index < -0.39 is 23.4 Å². The number of ether oxygens (including phenoxy) is 2. The van der Waals surface area contributed by atoms with Crippen LogP contribution >= 0.6 is 0 Å². The van der Waals surface area contributed by atoms with Crippen LogP contribution in [0.3, 0.4) is 0 Å². The molecule has 20 heavy (non-hydrogen) atoms. The van der Waals surface area contributed by atoms with Crippen molar-refractivity contribution >= 4 is 12.2 Å². The molecular formula is C15H29NO4. The van der Waals surface area contributed by atoms with Gasteiger partial charge in [0, 0.05) is 6.54 Å². The number of amides is 2. The van der Waals surface area contributed by atoms with Crippen molar-refractivity contribution in [3.8, 4) is 0 Å². The van der Waals surface area contributed by atoms with Crippen molar-refractivity contribution in [2.75, 3.05) is 6.54 Å². The van der Waals surface area contributed by atoms with Gasteiger partial charge in [0.05, 0.1) is 0 Å². The Morgan fingerprint density at radius 2 is 1.25 bits per heavy atom. The molecule has 0 aliphatic carbocycles. The number of carbonyl (C=O) groups is 2. The Balaban J connectivity index is 4.79. The summed E-state index contributed by atoms with van der Waals surface area (Å²) in [4.78, 5) is 25.2. The fraction of sp³-hybridized carbons (Fsp3) is 0.867. The molecule has 0 bridgehead atoms. The summed E-state index contributed by atoms with van der Waals surface area (Å²) >= 11 is 0. The van der Waals surface area contributed by atoms with Gasteiger partial charge in [0.15, 0.2) is 0 Å². The lowest BCUT2D eigenvalue weighted by molar-refractivity contribution is 0.00120. The maximum absolute atomic E-state index is 12.1. The molecule has 0 aromatic rings. The molecule has 0 spiro atoms. The molecule has 0 fully saturated rings. The van der Waals surface area contributed by atoms with Crippen LogP contribution in [0, 0.1) is 0 Å². The van der Waals surface area contributed by atoms with Gasteiger partial charge in [-0.3, -0.25) is 0 Å². The molecule has 0 aliphatic heterocycles. The van der Waals surface area contributed by atoms with Gasteiger partial charge in [-0.15, -0.1) is 0 Å². The molecule has 118 valence electrons. The Labute approximate surface area is 122 Å². The molecule has 0 saturated carbocycles. The highest BCUT2D eigenvalue weighted by molar-refractivity contribution is 5.88. The predicted octanol–water partition coefficient (Wildman–Crippen LogP) is 4.35. The lowest BCUT2D eigenvalue weighted by Gasteiger charge is -2.28. The normalized spacial score (nSPS) is 11.9. The molecule has 0 heterocycles. The van der Waals surface area contributed by atoms with Gasteiger partial charge in [-0.1, -0.05) is 19.8 Å². The third-order valence-corrected chi connectivity index (χ3v) is 2.21. The molecule has 0 aromatic heterocycles. The Morgan fingerprint density at radius 1 is 0.850 bits per heavy atom. The maximum Gasteiger partial charge on any atom is 0.419 e. The third-order valence-electron chi connectivity index (χ3n) is 2.21. The molecule has 0 radical (unpaired) electrons. The van der Waals surface area contributed by atoms with E-state index in [1.165, 1.54) is 0 Å². The Morgan fingerprint density at radius 3 is 1.55 bits per heavy atom. The number of hydrogen-bond acceptors (Lipinski definition) is 4. The van der Waals surface area contributed by atoms with Gasteiger partial charge < -0.3 is 9.47 Å². The molecule has 0 aromatic carbocycles. The molecule has 0 rings (SSSR count). The number of hydrogen-bond donors (Lipinski definition) is 0. The van der Waals surface area contributed by atoms with Crippen molar-refractivity contribution < 1.29 is 19.1 Å². The van der Waals surface area contributed by atoms with E-state index in [4.69, 9.17) is 9.47 Å². The molecule has 2 amide bonds. The standard InChI is InChI=1S/C15H29NO4/c1-8-9-10-11-16(12(17)19-14(2,3)4)13(18)20-15(5,6)7/h8-11H2,1-7H3. The summed E-state index contributed by atoms with van der Waals surface area (Å²) in [6, 6.07) is 0. The summed E-state index contributed by atoms with van der Waals surface area (Å²) in [7, 11) is 0. The minimum absolute atomic E-state index is 0.317. The lowest BCUT2D eigenvalue weighted by Crippen LogP contribution is -2.44. The summed E-state index contributed by atoms with van der Waals surface area (Å²) in [6.07, 6.45) is 1.40. The topological polar surface area (TPSA) is 55.8 Å². The van der Waals surface area contributed by atoms with E-state index in [0.29, 0.717) is 6.54 Å². The van der Waals surface area contributed by atoms with E-state index >= 15 is 0 Å². The van der Waals surface area contributed by atoms with Crippen LogP contribution in [-0.4, -0.2) is 34.8 Å².